The third-order valence-electron chi connectivity index (χ3n) is 3.95. The van der Waals surface area contributed by atoms with Gasteiger partial charge >= 0.3 is 0 Å². The summed E-state index contributed by atoms with van der Waals surface area (Å²) in [7, 11) is -3.80. The highest BCUT2D eigenvalue weighted by molar-refractivity contribution is 7.89. The van der Waals surface area contributed by atoms with E-state index in [0.717, 1.165) is 16.9 Å². The van der Waals surface area contributed by atoms with Crippen LogP contribution in [0.3, 0.4) is 0 Å². The zero-order valence-corrected chi connectivity index (χ0v) is 16.1. The number of fused-ring (bicyclic) bond motifs is 1. The summed E-state index contributed by atoms with van der Waals surface area (Å²) in [5.41, 5.74) is 1.80. The predicted octanol–water partition coefficient (Wildman–Crippen LogP) is 2.24. The lowest BCUT2D eigenvalue weighted by atomic mass is 10.3. The van der Waals surface area contributed by atoms with Crippen molar-refractivity contribution < 1.29 is 13.2 Å². The number of carbonyl (C=O) groups excluding carboxylic acids is 1. The van der Waals surface area contributed by atoms with Crippen LogP contribution in [-0.2, 0) is 21.2 Å². The molecule has 9 heteroatoms. The van der Waals surface area contributed by atoms with Crippen LogP contribution in [-0.4, -0.2) is 36.9 Å². The number of aromatic amines is 1. The van der Waals surface area contributed by atoms with Crippen LogP contribution in [0, 0.1) is 0 Å². The van der Waals surface area contributed by atoms with Crippen molar-refractivity contribution in [3.63, 3.8) is 0 Å². The van der Waals surface area contributed by atoms with Gasteiger partial charge in [0.15, 0.2) is 0 Å². The number of hydrogen-bond acceptors (Lipinski definition) is 4. The van der Waals surface area contributed by atoms with Crippen LogP contribution in [0.2, 0.25) is 5.02 Å². The standard InChI is InChI=1S/C18H19ClN4O3S/c1-12(23-27(25,26)14-8-6-13(19)7-9-14)18(24)20-11-10-17-21-15-4-2-3-5-16(15)22-17/h2-9,12,23H,10-11H2,1H3,(H,20,24)(H,21,22)/t12-/m0/s1. The summed E-state index contributed by atoms with van der Waals surface area (Å²) in [6.07, 6.45) is 0.511. The molecule has 0 aliphatic rings. The Hall–Kier alpha value is -2.42. The van der Waals surface area contributed by atoms with Gasteiger partial charge in [-0.3, -0.25) is 4.79 Å². The van der Waals surface area contributed by atoms with Gasteiger partial charge < -0.3 is 10.3 Å². The first kappa shape index (κ1) is 19.3. The normalized spacial score (nSPS) is 12.8. The van der Waals surface area contributed by atoms with E-state index in [9.17, 15) is 13.2 Å². The number of amides is 1. The Bertz CT molecular complexity index is 1010. The second-order valence-electron chi connectivity index (χ2n) is 6.04. The largest absolute Gasteiger partial charge is 0.354 e. The topological polar surface area (TPSA) is 104 Å². The maximum absolute atomic E-state index is 12.3. The molecule has 0 spiro atoms. The Morgan fingerprint density at radius 1 is 1.19 bits per heavy atom. The molecule has 1 amide bonds. The molecule has 3 aromatic rings. The third-order valence-corrected chi connectivity index (χ3v) is 5.76. The Labute approximate surface area is 162 Å². The van der Waals surface area contributed by atoms with E-state index in [-0.39, 0.29) is 4.90 Å². The fourth-order valence-electron chi connectivity index (χ4n) is 2.55. The van der Waals surface area contributed by atoms with E-state index in [2.05, 4.69) is 20.0 Å². The molecular formula is C18H19ClN4O3S. The molecule has 1 aromatic heterocycles. The Kier molecular flexibility index (Phi) is 5.79. The lowest BCUT2D eigenvalue weighted by Gasteiger charge is -2.14. The molecule has 3 rings (SSSR count). The SMILES string of the molecule is C[C@H](NS(=O)(=O)c1ccc(Cl)cc1)C(=O)NCCc1nc2ccccc2[nH]1. The van der Waals surface area contributed by atoms with Crippen molar-refractivity contribution in [2.75, 3.05) is 6.54 Å². The van der Waals surface area contributed by atoms with Crippen molar-refractivity contribution >= 4 is 38.6 Å². The molecule has 0 saturated heterocycles. The monoisotopic (exact) mass is 406 g/mol. The molecular weight excluding hydrogens is 388 g/mol. The van der Waals surface area contributed by atoms with E-state index in [1.165, 1.54) is 31.2 Å². The van der Waals surface area contributed by atoms with Crippen LogP contribution in [0.4, 0.5) is 0 Å². The number of benzene rings is 2. The summed E-state index contributed by atoms with van der Waals surface area (Å²) in [6, 6.07) is 12.5. The van der Waals surface area contributed by atoms with Crippen LogP contribution >= 0.6 is 11.6 Å². The maximum atomic E-state index is 12.3. The van der Waals surface area contributed by atoms with Crippen LogP contribution in [0.5, 0.6) is 0 Å². The number of imidazole rings is 1. The summed E-state index contributed by atoms with van der Waals surface area (Å²) in [5, 5.41) is 3.15. The number of hydrogen-bond donors (Lipinski definition) is 3. The summed E-state index contributed by atoms with van der Waals surface area (Å²) in [5.74, 6) is 0.342. The van der Waals surface area contributed by atoms with Gasteiger partial charge in [-0.1, -0.05) is 23.7 Å². The molecule has 7 nitrogen and oxygen atoms in total. The first-order valence-corrected chi connectivity index (χ1v) is 10.2. The van der Waals surface area contributed by atoms with Gasteiger partial charge in [-0.25, -0.2) is 13.4 Å². The average molecular weight is 407 g/mol. The smallest absolute Gasteiger partial charge is 0.241 e. The molecule has 27 heavy (non-hydrogen) atoms. The molecule has 0 bridgehead atoms. The Morgan fingerprint density at radius 3 is 2.59 bits per heavy atom. The predicted molar refractivity (Wildman–Crippen MR) is 104 cm³/mol. The molecule has 3 N–H and O–H groups in total. The summed E-state index contributed by atoms with van der Waals surface area (Å²) >= 11 is 5.76. The highest BCUT2D eigenvalue weighted by Crippen LogP contribution is 2.14. The number of halogens is 1. The van der Waals surface area contributed by atoms with Gasteiger partial charge in [-0.15, -0.1) is 0 Å². The molecule has 1 heterocycles. The van der Waals surface area contributed by atoms with E-state index >= 15 is 0 Å². The highest BCUT2D eigenvalue weighted by atomic mass is 35.5. The average Bonchev–Trinajstić information content (AvgIpc) is 3.04. The lowest BCUT2D eigenvalue weighted by molar-refractivity contribution is -0.122. The zero-order chi connectivity index (χ0) is 19.4. The first-order chi connectivity index (χ1) is 12.8. The second kappa shape index (κ2) is 8.08. The van der Waals surface area contributed by atoms with Gasteiger partial charge in [-0.05, 0) is 43.3 Å². The summed E-state index contributed by atoms with van der Waals surface area (Å²) < 4.78 is 27.0. The molecule has 0 saturated carbocycles. The number of nitrogens with one attached hydrogen (secondary N) is 3. The van der Waals surface area contributed by atoms with Gasteiger partial charge in [0.2, 0.25) is 15.9 Å². The van der Waals surface area contributed by atoms with Crippen LogP contribution in [0.25, 0.3) is 11.0 Å². The molecule has 0 aliphatic heterocycles. The fraction of sp³-hybridized carbons (Fsp3) is 0.222. The van der Waals surface area contributed by atoms with Crippen molar-refractivity contribution in [3.05, 3.63) is 59.4 Å². The van der Waals surface area contributed by atoms with E-state index in [4.69, 9.17) is 11.6 Å². The quantitative estimate of drug-likeness (QED) is 0.559. The third kappa shape index (κ3) is 4.85. The van der Waals surface area contributed by atoms with Crippen molar-refractivity contribution in [2.45, 2.75) is 24.3 Å². The van der Waals surface area contributed by atoms with Gasteiger partial charge in [0.1, 0.15) is 5.82 Å². The number of carbonyl (C=O) groups is 1. The van der Waals surface area contributed by atoms with Crippen molar-refractivity contribution in [1.82, 2.24) is 20.0 Å². The molecule has 0 unspecified atom stereocenters. The van der Waals surface area contributed by atoms with E-state index < -0.39 is 22.0 Å². The van der Waals surface area contributed by atoms with Crippen molar-refractivity contribution in [3.8, 4) is 0 Å². The number of rotatable bonds is 7. The van der Waals surface area contributed by atoms with E-state index in [0.29, 0.717) is 18.0 Å². The van der Waals surface area contributed by atoms with Crippen molar-refractivity contribution in [2.24, 2.45) is 0 Å². The number of H-pyrrole nitrogens is 1. The number of sulfonamides is 1. The minimum Gasteiger partial charge on any atom is -0.354 e. The zero-order valence-electron chi connectivity index (χ0n) is 14.6. The number of nitrogens with zero attached hydrogens (tertiary/aromatic N) is 1. The second-order valence-corrected chi connectivity index (χ2v) is 8.19. The fourth-order valence-corrected chi connectivity index (χ4v) is 3.88. The summed E-state index contributed by atoms with van der Waals surface area (Å²) in [6.45, 7) is 1.83. The number of aromatic nitrogens is 2. The Morgan fingerprint density at radius 2 is 1.89 bits per heavy atom. The van der Waals surface area contributed by atoms with Gasteiger partial charge in [-0.2, -0.15) is 4.72 Å². The molecule has 0 aliphatic carbocycles. The van der Waals surface area contributed by atoms with Gasteiger partial charge in [0.25, 0.3) is 0 Å². The van der Waals surface area contributed by atoms with Gasteiger partial charge in [0, 0.05) is 18.0 Å². The molecule has 2 aromatic carbocycles. The van der Waals surface area contributed by atoms with E-state index in [1.807, 2.05) is 24.3 Å². The van der Waals surface area contributed by atoms with Crippen LogP contribution < -0.4 is 10.0 Å². The molecule has 0 radical (unpaired) electrons. The van der Waals surface area contributed by atoms with Gasteiger partial charge in [0.05, 0.1) is 22.0 Å². The first-order valence-electron chi connectivity index (χ1n) is 8.34. The molecule has 0 fully saturated rings. The molecule has 1 atom stereocenters. The minimum absolute atomic E-state index is 0.0498. The number of para-hydroxylation sites is 2. The highest BCUT2D eigenvalue weighted by Gasteiger charge is 2.21. The summed E-state index contributed by atoms with van der Waals surface area (Å²) in [4.78, 5) is 19.8. The maximum Gasteiger partial charge on any atom is 0.241 e. The Balaban J connectivity index is 1.53. The van der Waals surface area contributed by atoms with Crippen LogP contribution in [0.15, 0.2) is 53.4 Å². The van der Waals surface area contributed by atoms with Crippen molar-refractivity contribution in [1.29, 1.82) is 0 Å². The van der Waals surface area contributed by atoms with E-state index in [1.54, 1.807) is 0 Å². The lowest BCUT2D eigenvalue weighted by Crippen LogP contribution is -2.45. The molecule has 142 valence electrons. The van der Waals surface area contributed by atoms with Crippen LogP contribution in [0.1, 0.15) is 12.7 Å². The minimum atomic E-state index is -3.80.